The molecule has 0 atom stereocenters. The van der Waals surface area contributed by atoms with Crippen molar-refractivity contribution < 1.29 is 9.66 Å². The van der Waals surface area contributed by atoms with Crippen molar-refractivity contribution in [3.05, 3.63) is 39.9 Å². The van der Waals surface area contributed by atoms with E-state index < -0.39 is 4.92 Å². The van der Waals surface area contributed by atoms with Crippen LogP contribution in [0.15, 0.2) is 29.3 Å². The summed E-state index contributed by atoms with van der Waals surface area (Å²) in [4.78, 5) is 14.0. The highest BCUT2D eigenvalue weighted by Crippen LogP contribution is 2.11. The molecule has 0 radical (unpaired) electrons. The van der Waals surface area contributed by atoms with E-state index in [4.69, 9.17) is 10.5 Å². The summed E-state index contributed by atoms with van der Waals surface area (Å²) >= 11 is 0. The second-order valence-corrected chi connectivity index (χ2v) is 3.06. The Morgan fingerprint density at radius 1 is 1.50 bits per heavy atom. The quantitative estimate of drug-likeness (QED) is 0.264. The molecule has 0 saturated heterocycles. The number of nitrogens with two attached hydrogens (primary N) is 1. The molecule has 0 fully saturated rings. The molecule has 1 rings (SSSR count). The molecule has 0 amide bonds. The highest BCUT2D eigenvalue weighted by atomic mass is 16.6. The summed E-state index contributed by atoms with van der Waals surface area (Å²) < 4.78 is 4.83. The predicted molar refractivity (Wildman–Crippen MR) is 60.6 cm³/mol. The molecule has 0 aliphatic rings. The van der Waals surface area contributed by atoms with Crippen LogP contribution in [-0.2, 0) is 4.74 Å². The summed E-state index contributed by atoms with van der Waals surface area (Å²) in [5.74, 6) is 0.354. The number of aliphatic imine (C=N–C) groups is 1. The summed E-state index contributed by atoms with van der Waals surface area (Å²) in [7, 11) is 1.58. The van der Waals surface area contributed by atoms with Gasteiger partial charge in [0.1, 0.15) is 5.84 Å². The van der Waals surface area contributed by atoms with Gasteiger partial charge >= 0.3 is 0 Å². The fourth-order valence-electron chi connectivity index (χ4n) is 1.10. The molecule has 1 aromatic carbocycles. The standard InChI is InChI=1S/C10H13N3O3/c1-16-7-6-12-10(11)8-2-4-9(5-3-8)13(14)15/h2-5H,6-7H2,1H3,(H2,11,12). The molecule has 0 saturated carbocycles. The van der Waals surface area contributed by atoms with Crippen LogP contribution in [0.5, 0.6) is 0 Å². The number of methoxy groups -OCH3 is 1. The van der Waals surface area contributed by atoms with Gasteiger partial charge in [-0.3, -0.25) is 15.1 Å². The molecule has 0 aromatic heterocycles. The van der Waals surface area contributed by atoms with Crippen molar-refractivity contribution in [1.29, 1.82) is 0 Å². The van der Waals surface area contributed by atoms with Crippen LogP contribution in [0.4, 0.5) is 5.69 Å². The van der Waals surface area contributed by atoms with Crippen molar-refractivity contribution >= 4 is 11.5 Å². The van der Waals surface area contributed by atoms with Gasteiger partial charge in [0.05, 0.1) is 18.1 Å². The Balaban J connectivity index is 2.73. The SMILES string of the molecule is COCCN=C(N)c1ccc([N+](=O)[O-])cc1. The average molecular weight is 223 g/mol. The maximum atomic E-state index is 10.4. The fourth-order valence-corrected chi connectivity index (χ4v) is 1.10. The smallest absolute Gasteiger partial charge is 0.269 e. The first kappa shape index (κ1) is 12.1. The summed E-state index contributed by atoms with van der Waals surface area (Å²) in [6.07, 6.45) is 0. The molecule has 2 N–H and O–H groups in total. The molecule has 0 aliphatic carbocycles. The Labute approximate surface area is 92.9 Å². The summed E-state index contributed by atoms with van der Waals surface area (Å²) in [6, 6.07) is 5.94. The third-order valence-electron chi connectivity index (χ3n) is 1.95. The van der Waals surface area contributed by atoms with Crippen LogP contribution in [0.1, 0.15) is 5.56 Å². The van der Waals surface area contributed by atoms with Crippen molar-refractivity contribution in [2.24, 2.45) is 10.7 Å². The Morgan fingerprint density at radius 2 is 2.12 bits per heavy atom. The topological polar surface area (TPSA) is 90.8 Å². The second kappa shape index (κ2) is 5.82. The van der Waals surface area contributed by atoms with Crippen LogP contribution in [-0.4, -0.2) is 31.0 Å². The van der Waals surface area contributed by atoms with Gasteiger partial charge in [0.25, 0.3) is 5.69 Å². The average Bonchev–Trinajstić information content (AvgIpc) is 2.29. The van der Waals surface area contributed by atoms with Crippen molar-refractivity contribution in [3.63, 3.8) is 0 Å². The van der Waals surface area contributed by atoms with E-state index in [1.807, 2.05) is 0 Å². The zero-order chi connectivity index (χ0) is 12.0. The molecule has 6 nitrogen and oxygen atoms in total. The van der Waals surface area contributed by atoms with E-state index in [9.17, 15) is 10.1 Å². The molecule has 0 aliphatic heterocycles. The molecule has 0 bridgehead atoms. The van der Waals surface area contributed by atoms with E-state index in [2.05, 4.69) is 4.99 Å². The minimum absolute atomic E-state index is 0.0356. The Kier molecular flexibility index (Phi) is 4.41. The Hall–Kier alpha value is -1.95. The molecular weight excluding hydrogens is 210 g/mol. The van der Waals surface area contributed by atoms with Gasteiger partial charge in [-0.05, 0) is 12.1 Å². The minimum atomic E-state index is -0.456. The first-order chi connectivity index (χ1) is 7.65. The molecule has 0 unspecified atom stereocenters. The van der Waals surface area contributed by atoms with E-state index in [1.165, 1.54) is 12.1 Å². The van der Waals surface area contributed by atoms with Gasteiger partial charge in [0.15, 0.2) is 0 Å². The molecule has 6 heteroatoms. The van der Waals surface area contributed by atoms with Crippen LogP contribution in [0, 0.1) is 10.1 Å². The molecule has 1 aromatic rings. The number of ether oxygens (including phenoxy) is 1. The second-order valence-electron chi connectivity index (χ2n) is 3.06. The highest BCUT2D eigenvalue weighted by Gasteiger charge is 2.05. The summed E-state index contributed by atoms with van der Waals surface area (Å²) in [5, 5.41) is 10.4. The van der Waals surface area contributed by atoms with E-state index in [0.717, 1.165) is 0 Å². The zero-order valence-corrected chi connectivity index (χ0v) is 8.92. The van der Waals surface area contributed by atoms with Crippen LogP contribution in [0.3, 0.4) is 0 Å². The lowest BCUT2D eigenvalue weighted by molar-refractivity contribution is -0.384. The lowest BCUT2D eigenvalue weighted by Crippen LogP contribution is -2.14. The van der Waals surface area contributed by atoms with Gasteiger partial charge in [0, 0.05) is 24.8 Å². The maximum Gasteiger partial charge on any atom is 0.269 e. The maximum absolute atomic E-state index is 10.4. The van der Waals surface area contributed by atoms with Gasteiger partial charge in [-0.2, -0.15) is 0 Å². The van der Waals surface area contributed by atoms with Gasteiger partial charge < -0.3 is 10.5 Å². The number of nitro groups is 1. The third-order valence-corrected chi connectivity index (χ3v) is 1.95. The number of hydrogen-bond acceptors (Lipinski definition) is 4. The third kappa shape index (κ3) is 3.32. The molecular formula is C10H13N3O3. The predicted octanol–water partition coefficient (Wildman–Crippen LogP) is 0.947. The van der Waals surface area contributed by atoms with E-state index in [-0.39, 0.29) is 5.69 Å². The number of nitrogens with zero attached hydrogens (tertiary/aromatic N) is 2. The minimum Gasteiger partial charge on any atom is -0.384 e. The molecule has 0 heterocycles. The van der Waals surface area contributed by atoms with E-state index >= 15 is 0 Å². The first-order valence-electron chi connectivity index (χ1n) is 4.69. The van der Waals surface area contributed by atoms with Gasteiger partial charge in [0.2, 0.25) is 0 Å². The van der Waals surface area contributed by atoms with Gasteiger partial charge in [-0.25, -0.2) is 0 Å². The van der Waals surface area contributed by atoms with Crippen LogP contribution >= 0.6 is 0 Å². The molecule has 86 valence electrons. The first-order valence-corrected chi connectivity index (χ1v) is 4.69. The van der Waals surface area contributed by atoms with Gasteiger partial charge in [-0.1, -0.05) is 0 Å². The number of amidine groups is 1. The van der Waals surface area contributed by atoms with Crippen molar-refractivity contribution in [1.82, 2.24) is 0 Å². The lowest BCUT2D eigenvalue weighted by atomic mass is 10.2. The highest BCUT2D eigenvalue weighted by molar-refractivity contribution is 5.97. The number of non-ortho nitro benzene ring substituents is 1. The number of hydrogen-bond donors (Lipinski definition) is 1. The van der Waals surface area contributed by atoms with Crippen LogP contribution in [0.2, 0.25) is 0 Å². The normalized spacial score (nSPS) is 11.4. The summed E-state index contributed by atoms with van der Waals surface area (Å²) in [5.41, 5.74) is 6.39. The lowest BCUT2D eigenvalue weighted by Gasteiger charge is -2.00. The molecule has 0 spiro atoms. The number of rotatable bonds is 5. The largest absolute Gasteiger partial charge is 0.384 e. The number of benzene rings is 1. The van der Waals surface area contributed by atoms with Crippen LogP contribution < -0.4 is 5.73 Å². The van der Waals surface area contributed by atoms with Crippen LogP contribution in [0.25, 0.3) is 0 Å². The monoisotopic (exact) mass is 223 g/mol. The summed E-state index contributed by atoms with van der Waals surface area (Å²) in [6.45, 7) is 0.965. The number of nitro benzene ring substituents is 1. The van der Waals surface area contributed by atoms with E-state index in [1.54, 1.807) is 19.2 Å². The Morgan fingerprint density at radius 3 is 2.62 bits per heavy atom. The van der Waals surface area contributed by atoms with E-state index in [0.29, 0.717) is 24.6 Å². The van der Waals surface area contributed by atoms with Crippen molar-refractivity contribution in [2.45, 2.75) is 0 Å². The van der Waals surface area contributed by atoms with Crippen molar-refractivity contribution in [2.75, 3.05) is 20.3 Å². The fraction of sp³-hybridized carbons (Fsp3) is 0.300. The van der Waals surface area contributed by atoms with Gasteiger partial charge in [-0.15, -0.1) is 0 Å². The Bertz CT molecular complexity index is 387. The molecule has 16 heavy (non-hydrogen) atoms. The zero-order valence-electron chi connectivity index (χ0n) is 8.92. The van der Waals surface area contributed by atoms with Crippen molar-refractivity contribution in [3.8, 4) is 0 Å².